The van der Waals surface area contributed by atoms with Gasteiger partial charge in [0.05, 0.1) is 0 Å². The Kier molecular flexibility index (Phi) is 2440. The first-order chi connectivity index (χ1) is 1.41. The summed E-state index contributed by atoms with van der Waals surface area (Å²) in [7, 11) is 0. The van der Waals surface area contributed by atoms with Crippen LogP contribution in [0.25, 0.3) is 0 Å². The van der Waals surface area contributed by atoms with Crippen LogP contribution in [0.1, 0.15) is 37.1 Å². The van der Waals surface area contributed by atoms with Crippen LogP contribution in [0, 0.1) is 0 Å². The molecule has 0 heterocycles. The molecule has 0 spiro atoms. The standard InChI is InChI=1S/5CH4.Mn.2O/h5*1H4;;;. The molecule has 0 rings (SSSR count). The molecule has 8 heavy (non-hydrogen) atoms. The van der Waals surface area contributed by atoms with E-state index in [2.05, 4.69) is 0 Å². The van der Waals surface area contributed by atoms with Crippen LogP contribution in [-0.4, -0.2) is 0 Å². The summed E-state index contributed by atoms with van der Waals surface area (Å²) in [6.45, 7) is 0. The van der Waals surface area contributed by atoms with E-state index in [0.717, 1.165) is 0 Å². The van der Waals surface area contributed by atoms with E-state index in [1.54, 1.807) is 0 Å². The van der Waals surface area contributed by atoms with Crippen molar-refractivity contribution in [3.8, 4) is 0 Å². The van der Waals surface area contributed by atoms with Gasteiger partial charge in [-0.1, -0.05) is 37.1 Å². The molecular formula is C5H20MnO2. The Balaban J connectivity index is -0.00000000200. The predicted octanol–water partition coefficient (Wildman–Crippen LogP) is 2.94. The summed E-state index contributed by atoms with van der Waals surface area (Å²) in [6.07, 6.45) is 0. The van der Waals surface area contributed by atoms with Crippen molar-refractivity contribution in [1.82, 2.24) is 0 Å². The summed E-state index contributed by atoms with van der Waals surface area (Å²) in [6, 6.07) is 0. The molecule has 0 N–H and O–H groups in total. The van der Waals surface area contributed by atoms with Crippen LogP contribution >= 0.6 is 0 Å². The van der Waals surface area contributed by atoms with Crippen LogP contribution in [0.3, 0.4) is 0 Å². The third-order valence-corrected chi connectivity index (χ3v) is 0. The fraction of sp³-hybridized carbons (Fsp3) is 1.00. The fourth-order valence-electron chi connectivity index (χ4n) is 0. The average molecular weight is 167 g/mol. The zero-order valence-corrected chi connectivity index (χ0v) is 2.37. The molecule has 0 aromatic heterocycles. The van der Waals surface area contributed by atoms with Gasteiger partial charge in [-0.3, -0.25) is 0 Å². The van der Waals surface area contributed by atoms with E-state index in [1.807, 2.05) is 0 Å². The molecular weight excluding hydrogens is 147 g/mol. The Bertz CT molecular complexity index is 31.4. The SMILES string of the molecule is C.C.C.C.C.[O]=[Mn]=[O]. The van der Waals surface area contributed by atoms with Gasteiger partial charge in [0.1, 0.15) is 0 Å². The molecule has 2 nitrogen and oxygen atoms in total. The van der Waals surface area contributed by atoms with Crippen LogP contribution in [-0.2, 0) is 22.5 Å². The predicted molar refractivity (Wildman–Crippen MR) is 35.0 cm³/mol. The third kappa shape index (κ3) is 11200. The van der Waals surface area contributed by atoms with E-state index < -0.39 is 14.8 Å². The summed E-state index contributed by atoms with van der Waals surface area (Å²) in [5.41, 5.74) is 0. The van der Waals surface area contributed by atoms with E-state index in [9.17, 15) is 0 Å². The molecule has 0 unspecified atom stereocenters. The van der Waals surface area contributed by atoms with Crippen LogP contribution < -0.4 is 0 Å². The second-order valence-electron chi connectivity index (χ2n) is 0.0630. The molecule has 0 aromatic carbocycles. The van der Waals surface area contributed by atoms with Crippen molar-refractivity contribution in [3.63, 3.8) is 0 Å². The molecule has 0 fully saturated rings. The van der Waals surface area contributed by atoms with Gasteiger partial charge < -0.3 is 0 Å². The second kappa shape index (κ2) is 213. The van der Waals surface area contributed by atoms with Crippen LogP contribution in [0.2, 0.25) is 0 Å². The van der Waals surface area contributed by atoms with Crippen molar-refractivity contribution >= 4 is 0 Å². The maximum atomic E-state index is 8.41. The number of hydrogen-bond donors (Lipinski definition) is 0. The fourth-order valence-corrected chi connectivity index (χ4v) is 0. The molecule has 0 bridgehead atoms. The van der Waals surface area contributed by atoms with E-state index in [0.29, 0.717) is 0 Å². The first-order valence-electron chi connectivity index (χ1n) is 0.309. The van der Waals surface area contributed by atoms with Gasteiger partial charge in [0.15, 0.2) is 0 Å². The summed E-state index contributed by atoms with van der Waals surface area (Å²) >= 11 is -1.44. The molecule has 59 valence electrons. The normalized spacial score (nSPS) is 1.50. The molecule has 0 radical (unpaired) electrons. The molecule has 0 aliphatic carbocycles. The van der Waals surface area contributed by atoms with Crippen molar-refractivity contribution in [3.05, 3.63) is 0 Å². The summed E-state index contributed by atoms with van der Waals surface area (Å²) in [5, 5.41) is 0. The van der Waals surface area contributed by atoms with E-state index in [-0.39, 0.29) is 37.1 Å². The average Bonchev–Trinajstić information content (AvgIpc) is 0.918. The number of hydrogen-bond acceptors (Lipinski definition) is 2. The molecule has 0 saturated carbocycles. The Morgan fingerprint density at radius 2 is 0.625 bits per heavy atom. The molecule has 0 aromatic rings. The summed E-state index contributed by atoms with van der Waals surface area (Å²) in [4.78, 5) is 0. The Morgan fingerprint density at radius 3 is 0.625 bits per heavy atom. The van der Waals surface area contributed by atoms with E-state index >= 15 is 0 Å². The van der Waals surface area contributed by atoms with Crippen molar-refractivity contribution in [2.45, 2.75) is 37.1 Å². The zero-order valence-electron chi connectivity index (χ0n) is 1.19. The zero-order chi connectivity index (χ0) is 2.71. The van der Waals surface area contributed by atoms with Gasteiger partial charge >= 0.3 is 22.5 Å². The van der Waals surface area contributed by atoms with Gasteiger partial charge in [0, 0.05) is 0 Å². The Hall–Kier alpha value is 0.119. The van der Waals surface area contributed by atoms with Crippen molar-refractivity contribution in [1.29, 1.82) is 0 Å². The van der Waals surface area contributed by atoms with Crippen molar-refractivity contribution < 1.29 is 22.5 Å². The van der Waals surface area contributed by atoms with Crippen LogP contribution in [0.5, 0.6) is 0 Å². The van der Waals surface area contributed by atoms with Crippen molar-refractivity contribution in [2.24, 2.45) is 0 Å². The van der Waals surface area contributed by atoms with E-state index in [4.69, 9.17) is 7.67 Å². The van der Waals surface area contributed by atoms with Crippen LogP contribution in [0.15, 0.2) is 0 Å². The van der Waals surface area contributed by atoms with Crippen LogP contribution in [0.4, 0.5) is 0 Å². The van der Waals surface area contributed by atoms with Gasteiger partial charge in [-0.05, 0) is 0 Å². The maximum absolute atomic E-state index is 8.41. The quantitative estimate of drug-likeness (QED) is 0.520. The van der Waals surface area contributed by atoms with Gasteiger partial charge in [-0.25, -0.2) is 0 Å². The molecule has 0 aliphatic rings. The molecule has 3 heteroatoms. The van der Waals surface area contributed by atoms with Gasteiger partial charge in [0.25, 0.3) is 0 Å². The first kappa shape index (κ1) is 91.6. The van der Waals surface area contributed by atoms with Crippen molar-refractivity contribution in [2.75, 3.05) is 0 Å². The minimum atomic E-state index is -1.44. The topological polar surface area (TPSA) is 34.1 Å². The minimum absolute atomic E-state index is 0. The van der Waals surface area contributed by atoms with Gasteiger partial charge in [-0.15, -0.1) is 0 Å². The molecule has 0 aliphatic heterocycles. The summed E-state index contributed by atoms with van der Waals surface area (Å²) < 4.78 is 16.8. The Labute approximate surface area is 60.2 Å². The molecule has 0 amide bonds. The van der Waals surface area contributed by atoms with Gasteiger partial charge in [0.2, 0.25) is 0 Å². The first-order valence-corrected chi connectivity index (χ1v) is 1.27. The monoisotopic (exact) mass is 167 g/mol. The van der Waals surface area contributed by atoms with Gasteiger partial charge in [-0.2, -0.15) is 0 Å². The third-order valence-electron chi connectivity index (χ3n) is 0. The summed E-state index contributed by atoms with van der Waals surface area (Å²) in [5.74, 6) is 0. The molecule has 0 saturated heterocycles. The Morgan fingerprint density at radius 1 is 0.625 bits per heavy atom. The van der Waals surface area contributed by atoms with E-state index in [1.165, 1.54) is 0 Å². The second-order valence-corrected chi connectivity index (χ2v) is 0.260. The number of rotatable bonds is 0. The molecule has 0 atom stereocenters.